The van der Waals surface area contributed by atoms with Crippen LogP contribution in [0.4, 0.5) is 0 Å². The number of hydrogen-bond donors (Lipinski definition) is 0. The lowest BCUT2D eigenvalue weighted by atomic mass is 9.66. The maximum Gasteiger partial charge on any atom is 0.216 e. The Labute approximate surface area is 169 Å². The van der Waals surface area contributed by atoms with E-state index in [1.807, 2.05) is 48.5 Å². The number of nitrogens with zero attached hydrogens (tertiary/aromatic N) is 2. The minimum atomic E-state index is -0.235. The van der Waals surface area contributed by atoms with Crippen LogP contribution in [-0.4, -0.2) is 72.3 Å². The summed E-state index contributed by atoms with van der Waals surface area (Å²) < 4.78 is 0. The van der Waals surface area contributed by atoms with Gasteiger partial charge in [-0.25, -0.2) is 0 Å². The normalized spacial score (nSPS) is 17.9. The van der Waals surface area contributed by atoms with Crippen molar-refractivity contribution in [1.82, 2.24) is 9.80 Å². The van der Waals surface area contributed by atoms with Gasteiger partial charge in [0, 0.05) is 23.9 Å². The van der Waals surface area contributed by atoms with Gasteiger partial charge >= 0.3 is 0 Å². The highest BCUT2D eigenvalue weighted by molar-refractivity contribution is 6.77. The molecule has 0 spiro atoms. The molecule has 2 aliphatic rings. The highest BCUT2D eigenvalue weighted by Crippen LogP contribution is 2.17. The molecule has 27 heavy (non-hydrogen) atoms. The van der Waals surface area contributed by atoms with Crippen molar-refractivity contribution in [1.29, 1.82) is 0 Å². The van der Waals surface area contributed by atoms with E-state index in [9.17, 15) is 14.4 Å². The van der Waals surface area contributed by atoms with Gasteiger partial charge in [0.05, 0.1) is 12.2 Å². The van der Waals surface area contributed by atoms with Crippen molar-refractivity contribution < 1.29 is 14.4 Å². The van der Waals surface area contributed by atoms with E-state index in [1.54, 1.807) is 12.2 Å². The third-order valence-corrected chi connectivity index (χ3v) is 4.00. The molecule has 0 N–H and O–H groups in total. The Morgan fingerprint density at radius 1 is 0.741 bits per heavy atom. The number of carbonyl (C=O) groups excluding carboxylic acids is 3. The van der Waals surface area contributed by atoms with E-state index in [0.29, 0.717) is 6.54 Å². The second-order valence-electron chi connectivity index (χ2n) is 8.08. The summed E-state index contributed by atoms with van der Waals surface area (Å²) >= 11 is 0. The molecule has 0 atom stereocenters. The Kier molecular flexibility index (Phi) is 13.7. The smallest absolute Gasteiger partial charge is 0.216 e. The van der Waals surface area contributed by atoms with Crippen LogP contribution in [0.15, 0.2) is 0 Å². The fourth-order valence-corrected chi connectivity index (χ4v) is 2.52. The van der Waals surface area contributed by atoms with Gasteiger partial charge in [-0.15, -0.1) is 0 Å². The van der Waals surface area contributed by atoms with Crippen LogP contribution in [0.1, 0.15) is 69.2 Å². The molecular formula is C20H40B2N2O3. The fourth-order valence-electron chi connectivity index (χ4n) is 2.52. The topological polar surface area (TPSA) is 57.7 Å². The van der Waals surface area contributed by atoms with E-state index in [2.05, 4.69) is 25.7 Å². The quantitative estimate of drug-likeness (QED) is 0.608. The lowest BCUT2D eigenvalue weighted by Gasteiger charge is -2.37. The highest BCUT2D eigenvalue weighted by atomic mass is 16.2. The molecule has 0 aromatic heterocycles. The van der Waals surface area contributed by atoms with E-state index in [-0.39, 0.29) is 41.2 Å². The van der Waals surface area contributed by atoms with Gasteiger partial charge in [0.2, 0.25) is 20.5 Å². The van der Waals surface area contributed by atoms with Crippen LogP contribution in [0, 0.1) is 0 Å². The second-order valence-corrected chi connectivity index (χ2v) is 8.08. The maximum absolute atomic E-state index is 11.3. The minimum absolute atomic E-state index is 0.0436. The average Bonchev–Trinajstić information content (AvgIpc) is 2.59. The predicted octanol–water partition coefficient (Wildman–Crippen LogP) is 3.08. The zero-order chi connectivity index (χ0) is 21.8. The van der Waals surface area contributed by atoms with Crippen LogP contribution < -0.4 is 0 Å². The molecule has 0 unspecified atom stereocenters. The number of rotatable bonds is 0. The molecule has 0 aromatic carbocycles. The fraction of sp³-hybridized carbons (Fsp3) is 0.850. The number of amides is 1. The second kappa shape index (κ2) is 13.1. The standard InChI is InChI=1S/C8H13BNO2.C8H15BNO.2C2H6/c1-8(2,3)10-5-6(11)9-4-7(10)12;1-8(2,3)10-5-4-9-7(11)6-10;2*1-2/h4-5H2,1-3H3;4-6H2,1-3H3;2*1-2H3. The summed E-state index contributed by atoms with van der Waals surface area (Å²) in [7, 11) is 3.26. The zero-order valence-electron chi connectivity index (χ0n) is 19.3. The summed E-state index contributed by atoms with van der Waals surface area (Å²) in [6.45, 7) is 22.1. The third-order valence-electron chi connectivity index (χ3n) is 4.00. The molecule has 154 valence electrons. The summed E-state index contributed by atoms with van der Waals surface area (Å²) in [6.07, 6.45) is 1.17. The first-order valence-electron chi connectivity index (χ1n) is 10.2. The first-order valence-corrected chi connectivity index (χ1v) is 10.2. The van der Waals surface area contributed by atoms with Crippen LogP contribution >= 0.6 is 0 Å². The summed E-state index contributed by atoms with van der Waals surface area (Å²) in [5.41, 5.74) is 0.223. The molecular weight excluding hydrogens is 338 g/mol. The summed E-state index contributed by atoms with van der Waals surface area (Å²) in [5.74, 6) is 0.0436. The van der Waals surface area contributed by atoms with Crippen molar-refractivity contribution in [2.75, 3.05) is 19.6 Å². The van der Waals surface area contributed by atoms with Crippen molar-refractivity contribution in [3.05, 3.63) is 0 Å². The summed E-state index contributed by atoms with van der Waals surface area (Å²) in [5, 5.41) is 0. The Bertz CT molecular complexity index is 469. The molecule has 2 radical (unpaired) electrons. The van der Waals surface area contributed by atoms with Gasteiger partial charge in [-0.2, -0.15) is 0 Å². The lowest BCUT2D eigenvalue weighted by molar-refractivity contribution is -0.138. The molecule has 0 aromatic rings. The van der Waals surface area contributed by atoms with E-state index in [4.69, 9.17) is 0 Å². The number of carbonyl (C=O) groups is 3. The summed E-state index contributed by atoms with van der Waals surface area (Å²) in [4.78, 5) is 37.2. The lowest BCUT2D eigenvalue weighted by Crippen LogP contribution is -2.52. The van der Waals surface area contributed by atoms with Crippen molar-refractivity contribution >= 4 is 31.8 Å². The van der Waals surface area contributed by atoms with Crippen LogP contribution in [0.3, 0.4) is 0 Å². The SMILES string of the molecule is CC.CC.CC(C)(C)N1CC(=O)[B]CC1=O.CC(C)(C)N1CC[B]C(=O)C1. The Morgan fingerprint density at radius 2 is 1.22 bits per heavy atom. The van der Waals surface area contributed by atoms with Gasteiger partial charge in [-0.1, -0.05) is 34.0 Å². The monoisotopic (exact) mass is 378 g/mol. The average molecular weight is 378 g/mol. The van der Waals surface area contributed by atoms with Crippen LogP contribution in [0.5, 0.6) is 0 Å². The zero-order valence-corrected chi connectivity index (χ0v) is 19.3. The molecule has 5 nitrogen and oxygen atoms in total. The molecule has 2 saturated heterocycles. The maximum atomic E-state index is 11.3. The van der Waals surface area contributed by atoms with Gasteiger partial charge in [0.25, 0.3) is 0 Å². The Balaban J connectivity index is 0. The molecule has 7 heteroatoms. The highest BCUT2D eigenvalue weighted by Gasteiger charge is 2.32. The van der Waals surface area contributed by atoms with Gasteiger partial charge < -0.3 is 14.5 Å². The number of hydrogen-bond acceptors (Lipinski definition) is 4. The van der Waals surface area contributed by atoms with E-state index in [1.165, 1.54) is 7.28 Å². The van der Waals surface area contributed by atoms with E-state index < -0.39 is 0 Å². The van der Waals surface area contributed by atoms with Gasteiger partial charge in [0.1, 0.15) is 5.68 Å². The molecule has 0 bridgehead atoms. The molecule has 2 rings (SSSR count). The Hall–Kier alpha value is -1.10. The van der Waals surface area contributed by atoms with E-state index in [0.717, 1.165) is 12.9 Å². The minimum Gasteiger partial charge on any atom is -0.332 e. The molecule has 2 fully saturated rings. The molecule has 0 aliphatic carbocycles. The first kappa shape index (κ1) is 28.1. The van der Waals surface area contributed by atoms with Crippen molar-refractivity contribution in [2.24, 2.45) is 0 Å². The van der Waals surface area contributed by atoms with Crippen LogP contribution in [-0.2, 0) is 14.4 Å². The van der Waals surface area contributed by atoms with Crippen molar-refractivity contribution in [3.8, 4) is 0 Å². The van der Waals surface area contributed by atoms with Crippen molar-refractivity contribution in [2.45, 2.75) is 93.0 Å². The van der Waals surface area contributed by atoms with Gasteiger partial charge in [-0.3, -0.25) is 9.69 Å². The van der Waals surface area contributed by atoms with Gasteiger partial charge in [0.15, 0.2) is 0 Å². The Morgan fingerprint density at radius 3 is 1.56 bits per heavy atom. The van der Waals surface area contributed by atoms with Crippen molar-refractivity contribution in [3.63, 3.8) is 0 Å². The van der Waals surface area contributed by atoms with Crippen LogP contribution in [0.2, 0.25) is 12.6 Å². The predicted molar refractivity (Wildman–Crippen MR) is 117 cm³/mol. The van der Waals surface area contributed by atoms with Crippen LogP contribution in [0.25, 0.3) is 0 Å². The summed E-state index contributed by atoms with van der Waals surface area (Å²) in [6, 6.07) is 0. The molecule has 2 aliphatic heterocycles. The first-order chi connectivity index (χ1) is 12.4. The van der Waals surface area contributed by atoms with E-state index >= 15 is 0 Å². The molecule has 1 amide bonds. The largest absolute Gasteiger partial charge is 0.332 e. The van der Waals surface area contributed by atoms with Gasteiger partial charge in [-0.05, 0) is 48.1 Å². The third kappa shape index (κ3) is 11.4. The molecule has 2 heterocycles. The molecule has 0 saturated carbocycles.